The van der Waals surface area contributed by atoms with Crippen molar-refractivity contribution in [3.8, 4) is 0 Å². The van der Waals surface area contributed by atoms with Crippen LogP contribution in [-0.2, 0) is 64.5 Å². The molecule has 0 aliphatic heterocycles. The predicted octanol–water partition coefficient (Wildman–Crippen LogP) is 7.67. The van der Waals surface area contributed by atoms with Gasteiger partial charge in [-0.3, -0.25) is 4.79 Å². The molecule has 3 aromatic rings. The minimum Gasteiger partial charge on any atom is -0.461 e. The molecule has 0 bridgehead atoms. The number of hydrogen-bond acceptors (Lipinski definition) is 4. The molecule has 4 nitrogen and oxygen atoms in total. The van der Waals surface area contributed by atoms with E-state index in [-0.39, 0.29) is 5.97 Å². The SMILES string of the molecule is CCc1cc(CC)cc(COC)c1.CCc1ccc(COC(C)=O)cc1.CCc1ccc(COC)cc1. The smallest absolute Gasteiger partial charge is 0.302 e. The largest absolute Gasteiger partial charge is 0.461 e. The zero-order valence-corrected chi connectivity index (χ0v) is 23.9. The fourth-order valence-electron chi connectivity index (χ4n) is 3.59. The maximum atomic E-state index is 10.5. The van der Waals surface area contributed by atoms with Crippen LogP contribution in [0.1, 0.15) is 73.6 Å². The van der Waals surface area contributed by atoms with Crippen LogP contribution in [0.15, 0.2) is 66.7 Å². The van der Waals surface area contributed by atoms with Crippen molar-refractivity contribution in [2.45, 2.75) is 80.1 Å². The molecule has 0 unspecified atom stereocenters. The van der Waals surface area contributed by atoms with Crippen LogP contribution in [0.4, 0.5) is 0 Å². The molecule has 0 aliphatic rings. The molecular weight excluding hydrogens is 460 g/mol. The number of aryl methyl sites for hydroxylation is 4. The molecule has 0 saturated heterocycles. The fourth-order valence-corrected chi connectivity index (χ4v) is 3.59. The normalized spacial score (nSPS) is 10.0. The topological polar surface area (TPSA) is 44.8 Å². The molecular formula is C33H46O4. The molecule has 0 aromatic heterocycles. The summed E-state index contributed by atoms with van der Waals surface area (Å²) in [6.45, 7) is 11.9. The molecule has 0 radical (unpaired) electrons. The number of benzene rings is 3. The lowest BCUT2D eigenvalue weighted by Gasteiger charge is -2.06. The van der Waals surface area contributed by atoms with E-state index in [0.717, 1.165) is 37.9 Å². The molecule has 0 atom stereocenters. The number of methoxy groups -OCH3 is 2. The first-order chi connectivity index (χ1) is 17.9. The average Bonchev–Trinajstić information content (AvgIpc) is 2.93. The van der Waals surface area contributed by atoms with E-state index in [0.29, 0.717) is 13.2 Å². The Hall–Kier alpha value is -2.95. The summed E-state index contributed by atoms with van der Waals surface area (Å²) in [5, 5.41) is 0. The minimum atomic E-state index is -0.237. The molecule has 0 heterocycles. The third kappa shape index (κ3) is 13.8. The summed E-state index contributed by atoms with van der Waals surface area (Å²) in [6.07, 6.45) is 4.34. The summed E-state index contributed by atoms with van der Waals surface area (Å²) in [6, 6.07) is 23.3. The van der Waals surface area contributed by atoms with Crippen LogP contribution in [0.25, 0.3) is 0 Å². The van der Waals surface area contributed by atoms with E-state index in [1.807, 2.05) is 12.1 Å². The lowest BCUT2D eigenvalue weighted by molar-refractivity contribution is -0.142. The number of esters is 1. The molecule has 3 aromatic carbocycles. The molecule has 37 heavy (non-hydrogen) atoms. The van der Waals surface area contributed by atoms with Crippen LogP contribution in [0.5, 0.6) is 0 Å². The Morgan fingerprint density at radius 2 is 0.838 bits per heavy atom. The molecule has 0 amide bonds. The van der Waals surface area contributed by atoms with Crippen molar-refractivity contribution in [2.75, 3.05) is 14.2 Å². The predicted molar refractivity (Wildman–Crippen MR) is 154 cm³/mol. The monoisotopic (exact) mass is 506 g/mol. The van der Waals surface area contributed by atoms with E-state index in [1.54, 1.807) is 14.2 Å². The van der Waals surface area contributed by atoms with Crippen molar-refractivity contribution in [3.63, 3.8) is 0 Å². The third-order valence-electron chi connectivity index (χ3n) is 5.86. The lowest BCUT2D eigenvalue weighted by Crippen LogP contribution is -1.98. The highest BCUT2D eigenvalue weighted by molar-refractivity contribution is 5.65. The highest BCUT2D eigenvalue weighted by atomic mass is 16.5. The van der Waals surface area contributed by atoms with Gasteiger partial charge in [0.15, 0.2) is 0 Å². The van der Waals surface area contributed by atoms with Gasteiger partial charge in [0.2, 0.25) is 0 Å². The summed E-state index contributed by atoms with van der Waals surface area (Å²) in [5.74, 6) is -0.237. The van der Waals surface area contributed by atoms with Gasteiger partial charge in [-0.05, 0) is 64.6 Å². The number of hydrogen-bond donors (Lipinski definition) is 0. The Kier molecular flexibility index (Phi) is 16.6. The van der Waals surface area contributed by atoms with Crippen LogP contribution in [0.2, 0.25) is 0 Å². The van der Waals surface area contributed by atoms with Gasteiger partial charge < -0.3 is 14.2 Å². The second kappa shape index (κ2) is 19.2. The Morgan fingerprint density at radius 1 is 0.514 bits per heavy atom. The summed E-state index contributed by atoms with van der Waals surface area (Å²) in [4.78, 5) is 10.5. The summed E-state index contributed by atoms with van der Waals surface area (Å²) in [7, 11) is 3.46. The van der Waals surface area contributed by atoms with Crippen molar-refractivity contribution in [1.29, 1.82) is 0 Å². The highest BCUT2D eigenvalue weighted by Gasteiger charge is 1.98. The Labute approximate surface area is 225 Å². The summed E-state index contributed by atoms with van der Waals surface area (Å²) >= 11 is 0. The van der Waals surface area contributed by atoms with Crippen molar-refractivity contribution in [2.24, 2.45) is 0 Å². The molecule has 0 aliphatic carbocycles. The molecule has 3 rings (SSSR count). The lowest BCUT2D eigenvalue weighted by atomic mass is 10.0. The number of rotatable bonds is 10. The van der Waals surface area contributed by atoms with Gasteiger partial charge in [-0.25, -0.2) is 0 Å². The van der Waals surface area contributed by atoms with Crippen LogP contribution >= 0.6 is 0 Å². The van der Waals surface area contributed by atoms with Gasteiger partial charge in [0.05, 0.1) is 13.2 Å². The third-order valence-corrected chi connectivity index (χ3v) is 5.86. The number of carbonyl (C=O) groups is 1. The number of ether oxygens (including phenoxy) is 3. The molecule has 202 valence electrons. The first-order valence-corrected chi connectivity index (χ1v) is 13.3. The maximum absolute atomic E-state index is 10.5. The minimum absolute atomic E-state index is 0.237. The number of carbonyl (C=O) groups excluding carboxylic acids is 1. The fraction of sp³-hybridized carbons (Fsp3) is 0.424. The zero-order valence-electron chi connectivity index (χ0n) is 23.9. The Balaban J connectivity index is 0.000000279. The van der Waals surface area contributed by atoms with Gasteiger partial charge in [0, 0.05) is 21.1 Å². The van der Waals surface area contributed by atoms with Crippen LogP contribution in [0.3, 0.4) is 0 Å². The van der Waals surface area contributed by atoms with Crippen molar-refractivity contribution in [3.05, 3.63) is 106 Å². The first-order valence-electron chi connectivity index (χ1n) is 13.3. The average molecular weight is 507 g/mol. The standard InChI is InChI=1S/C12H18O.C11H14O2.C10H14O/c1-4-10-6-11(5-2)8-12(7-10)9-13-3;1-3-10-4-6-11(7-5-10)8-13-9(2)12;1-3-9-4-6-10(7-5-9)8-11-2/h6-8H,4-5,9H2,1-3H3;4-7H,3,8H2,1-2H3;4-7H,3,8H2,1-2H3. The molecule has 0 N–H and O–H groups in total. The van der Waals surface area contributed by atoms with Crippen molar-refractivity contribution >= 4 is 5.97 Å². The van der Waals surface area contributed by atoms with E-state index in [9.17, 15) is 4.79 Å². The highest BCUT2D eigenvalue weighted by Crippen LogP contribution is 2.12. The van der Waals surface area contributed by atoms with Gasteiger partial charge in [0.1, 0.15) is 6.61 Å². The van der Waals surface area contributed by atoms with Crippen LogP contribution in [0, 0.1) is 0 Å². The quantitative estimate of drug-likeness (QED) is 0.265. The van der Waals surface area contributed by atoms with Crippen LogP contribution < -0.4 is 0 Å². The Bertz CT molecular complexity index is 985. The second-order valence-corrected chi connectivity index (χ2v) is 8.85. The van der Waals surface area contributed by atoms with E-state index in [2.05, 4.69) is 82.3 Å². The molecule has 0 saturated carbocycles. The van der Waals surface area contributed by atoms with Gasteiger partial charge >= 0.3 is 5.97 Å². The first kappa shape index (κ1) is 32.1. The van der Waals surface area contributed by atoms with Crippen LogP contribution in [-0.4, -0.2) is 20.2 Å². The van der Waals surface area contributed by atoms with E-state index in [1.165, 1.54) is 40.3 Å². The maximum Gasteiger partial charge on any atom is 0.302 e. The van der Waals surface area contributed by atoms with Gasteiger partial charge in [-0.2, -0.15) is 0 Å². The second-order valence-electron chi connectivity index (χ2n) is 8.85. The molecule has 0 spiro atoms. The van der Waals surface area contributed by atoms with E-state index < -0.39 is 0 Å². The summed E-state index contributed by atoms with van der Waals surface area (Å²) < 4.78 is 15.0. The van der Waals surface area contributed by atoms with E-state index in [4.69, 9.17) is 14.2 Å². The molecule has 0 fully saturated rings. The summed E-state index contributed by atoms with van der Waals surface area (Å²) in [5.41, 5.74) is 9.06. The zero-order chi connectivity index (χ0) is 27.5. The Morgan fingerprint density at radius 3 is 1.19 bits per heavy atom. The van der Waals surface area contributed by atoms with Crippen molar-refractivity contribution in [1.82, 2.24) is 0 Å². The van der Waals surface area contributed by atoms with Gasteiger partial charge in [-0.15, -0.1) is 0 Å². The van der Waals surface area contributed by atoms with E-state index >= 15 is 0 Å². The van der Waals surface area contributed by atoms with Gasteiger partial charge in [-0.1, -0.05) is 94.4 Å². The molecule has 4 heteroatoms. The van der Waals surface area contributed by atoms with Crippen molar-refractivity contribution < 1.29 is 19.0 Å². The van der Waals surface area contributed by atoms with Gasteiger partial charge in [0.25, 0.3) is 0 Å².